The van der Waals surface area contributed by atoms with E-state index in [2.05, 4.69) is 17.6 Å². The summed E-state index contributed by atoms with van der Waals surface area (Å²) >= 11 is 0. The second-order valence-corrected chi connectivity index (χ2v) is 5.46. The van der Waals surface area contributed by atoms with Crippen molar-refractivity contribution in [2.45, 2.75) is 25.8 Å². The number of benzene rings is 1. The summed E-state index contributed by atoms with van der Waals surface area (Å²) < 4.78 is 10.7. The lowest BCUT2D eigenvalue weighted by Gasteiger charge is -2.30. The Morgan fingerprint density at radius 2 is 2.00 bits per heavy atom. The maximum atomic E-state index is 12.3. The predicted molar refractivity (Wildman–Crippen MR) is 81.8 cm³/mol. The second-order valence-electron chi connectivity index (χ2n) is 5.46. The molecule has 21 heavy (non-hydrogen) atoms. The van der Waals surface area contributed by atoms with E-state index >= 15 is 0 Å². The van der Waals surface area contributed by atoms with Crippen LogP contribution < -0.4 is 20.1 Å². The lowest BCUT2D eigenvalue weighted by molar-refractivity contribution is -0.121. The highest BCUT2D eigenvalue weighted by Crippen LogP contribution is 2.28. The quantitative estimate of drug-likeness (QED) is 0.860. The average Bonchev–Trinajstić information content (AvgIpc) is 2.49. The third kappa shape index (κ3) is 3.88. The number of hydrogen-bond acceptors (Lipinski definition) is 4. The van der Waals surface area contributed by atoms with Gasteiger partial charge in [-0.2, -0.15) is 0 Å². The van der Waals surface area contributed by atoms with E-state index in [0.29, 0.717) is 17.4 Å². The minimum Gasteiger partial charge on any atom is -0.496 e. The van der Waals surface area contributed by atoms with Crippen molar-refractivity contribution in [3.63, 3.8) is 0 Å². The zero-order chi connectivity index (χ0) is 15.2. The smallest absolute Gasteiger partial charge is 0.224 e. The molecule has 0 bridgehead atoms. The fraction of sp³-hybridized carbons (Fsp3) is 0.562. The van der Waals surface area contributed by atoms with Gasteiger partial charge in [0.05, 0.1) is 20.6 Å². The molecule has 2 N–H and O–H groups in total. The van der Waals surface area contributed by atoms with Crippen molar-refractivity contribution in [2.24, 2.45) is 5.92 Å². The van der Waals surface area contributed by atoms with Gasteiger partial charge in [-0.15, -0.1) is 0 Å². The molecule has 1 saturated heterocycles. The van der Waals surface area contributed by atoms with Crippen LogP contribution in [0.15, 0.2) is 18.2 Å². The normalized spacial score (nSPS) is 21.7. The molecule has 1 aromatic carbocycles. The zero-order valence-electron chi connectivity index (χ0n) is 12.9. The molecule has 1 aromatic rings. The van der Waals surface area contributed by atoms with E-state index in [0.717, 1.165) is 25.1 Å². The van der Waals surface area contributed by atoms with Gasteiger partial charge in [-0.05, 0) is 31.0 Å². The predicted octanol–water partition coefficient (Wildman–Crippen LogP) is 1.36. The Bertz CT molecular complexity index is 468. The monoisotopic (exact) mass is 292 g/mol. The number of rotatable bonds is 5. The van der Waals surface area contributed by atoms with Crippen LogP contribution in [-0.2, 0) is 11.2 Å². The van der Waals surface area contributed by atoms with Crippen LogP contribution in [0.1, 0.15) is 18.9 Å². The van der Waals surface area contributed by atoms with E-state index in [1.54, 1.807) is 14.2 Å². The lowest BCUT2D eigenvalue weighted by Crippen LogP contribution is -2.50. The molecule has 0 aromatic heterocycles. The highest BCUT2D eigenvalue weighted by molar-refractivity contribution is 5.80. The molecular weight excluding hydrogens is 268 g/mol. The third-order valence-corrected chi connectivity index (χ3v) is 4.04. The summed E-state index contributed by atoms with van der Waals surface area (Å²) in [5.74, 6) is 1.85. The van der Waals surface area contributed by atoms with Crippen LogP contribution in [0.5, 0.6) is 11.5 Å². The van der Waals surface area contributed by atoms with Crippen molar-refractivity contribution in [3.05, 3.63) is 23.8 Å². The SMILES string of the molecule is COc1cccc(OC)c1CC(=O)NC1CNCCC1C. The molecule has 0 saturated carbocycles. The largest absolute Gasteiger partial charge is 0.496 e. The molecule has 2 rings (SSSR count). The summed E-state index contributed by atoms with van der Waals surface area (Å²) in [6, 6.07) is 5.73. The number of carbonyl (C=O) groups is 1. The van der Waals surface area contributed by atoms with E-state index in [4.69, 9.17) is 9.47 Å². The molecule has 5 nitrogen and oxygen atoms in total. The van der Waals surface area contributed by atoms with Crippen LogP contribution >= 0.6 is 0 Å². The molecule has 116 valence electrons. The van der Waals surface area contributed by atoms with Crippen LogP contribution in [0.25, 0.3) is 0 Å². The summed E-state index contributed by atoms with van der Waals surface area (Å²) in [7, 11) is 3.20. The van der Waals surface area contributed by atoms with Gasteiger partial charge < -0.3 is 20.1 Å². The first-order chi connectivity index (χ1) is 10.2. The second kappa shape index (κ2) is 7.31. The molecule has 1 amide bonds. The van der Waals surface area contributed by atoms with Gasteiger partial charge in [0.1, 0.15) is 11.5 Å². The van der Waals surface area contributed by atoms with Crippen molar-refractivity contribution in [2.75, 3.05) is 27.3 Å². The number of methoxy groups -OCH3 is 2. The lowest BCUT2D eigenvalue weighted by atomic mass is 9.94. The number of nitrogens with one attached hydrogen (secondary N) is 2. The highest BCUT2D eigenvalue weighted by atomic mass is 16.5. The van der Waals surface area contributed by atoms with Gasteiger partial charge in [0.25, 0.3) is 0 Å². The minimum atomic E-state index is -0.00153. The number of hydrogen-bond donors (Lipinski definition) is 2. The van der Waals surface area contributed by atoms with Crippen LogP contribution in [0.3, 0.4) is 0 Å². The maximum absolute atomic E-state index is 12.3. The number of amides is 1. The Labute approximate surface area is 126 Å². The average molecular weight is 292 g/mol. The fourth-order valence-electron chi connectivity index (χ4n) is 2.70. The van der Waals surface area contributed by atoms with Gasteiger partial charge in [0.2, 0.25) is 5.91 Å². The Hall–Kier alpha value is -1.75. The van der Waals surface area contributed by atoms with Crippen LogP contribution in [0.2, 0.25) is 0 Å². The standard InChI is InChI=1S/C16H24N2O3/c1-11-7-8-17-10-13(11)18-16(19)9-12-14(20-2)5-4-6-15(12)21-3/h4-6,11,13,17H,7-10H2,1-3H3,(H,18,19). The number of ether oxygens (including phenoxy) is 2. The minimum absolute atomic E-state index is 0.00153. The fourth-order valence-corrected chi connectivity index (χ4v) is 2.70. The molecule has 0 spiro atoms. The number of carbonyl (C=O) groups excluding carboxylic acids is 1. The van der Waals surface area contributed by atoms with Gasteiger partial charge in [0, 0.05) is 18.2 Å². The summed E-state index contributed by atoms with van der Waals surface area (Å²) in [5.41, 5.74) is 0.788. The molecule has 1 heterocycles. The molecule has 0 aliphatic carbocycles. The zero-order valence-corrected chi connectivity index (χ0v) is 12.9. The van der Waals surface area contributed by atoms with Gasteiger partial charge >= 0.3 is 0 Å². The summed E-state index contributed by atoms with van der Waals surface area (Å²) in [5, 5.41) is 6.42. The van der Waals surface area contributed by atoms with Crippen molar-refractivity contribution >= 4 is 5.91 Å². The first-order valence-electron chi connectivity index (χ1n) is 7.35. The molecule has 2 atom stereocenters. The molecule has 1 aliphatic rings. The molecule has 0 radical (unpaired) electrons. The first kappa shape index (κ1) is 15.6. The van der Waals surface area contributed by atoms with Crippen LogP contribution in [-0.4, -0.2) is 39.3 Å². The van der Waals surface area contributed by atoms with Gasteiger partial charge in [0.15, 0.2) is 0 Å². The molecule has 2 unspecified atom stereocenters. The summed E-state index contributed by atoms with van der Waals surface area (Å²) in [6.45, 7) is 4.03. The van der Waals surface area contributed by atoms with E-state index in [9.17, 15) is 4.79 Å². The van der Waals surface area contributed by atoms with Crippen molar-refractivity contribution in [1.82, 2.24) is 10.6 Å². The van der Waals surface area contributed by atoms with Crippen molar-refractivity contribution in [3.8, 4) is 11.5 Å². The summed E-state index contributed by atoms with van der Waals surface area (Å²) in [6.07, 6.45) is 1.35. The van der Waals surface area contributed by atoms with Crippen molar-refractivity contribution in [1.29, 1.82) is 0 Å². The van der Waals surface area contributed by atoms with Crippen LogP contribution in [0.4, 0.5) is 0 Å². The first-order valence-corrected chi connectivity index (χ1v) is 7.35. The van der Waals surface area contributed by atoms with Gasteiger partial charge in [-0.25, -0.2) is 0 Å². The van der Waals surface area contributed by atoms with E-state index in [1.165, 1.54) is 0 Å². The Balaban J connectivity index is 2.05. The van der Waals surface area contributed by atoms with Gasteiger partial charge in [-0.1, -0.05) is 13.0 Å². The van der Waals surface area contributed by atoms with Crippen LogP contribution in [0, 0.1) is 5.92 Å². The Kier molecular flexibility index (Phi) is 5.44. The molecule has 1 fully saturated rings. The summed E-state index contributed by atoms with van der Waals surface area (Å²) in [4.78, 5) is 12.3. The van der Waals surface area contributed by atoms with Gasteiger partial charge in [-0.3, -0.25) is 4.79 Å². The molecule has 5 heteroatoms. The van der Waals surface area contributed by atoms with E-state index in [-0.39, 0.29) is 18.4 Å². The maximum Gasteiger partial charge on any atom is 0.224 e. The number of piperidine rings is 1. The van der Waals surface area contributed by atoms with E-state index in [1.807, 2.05) is 18.2 Å². The van der Waals surface area contributed by atoms with E-state index < -0.39 is 0 Å². The molecular formula is C16H24N2O3. The highest BCUT2D eigenvalue weighted by Gasteiger charge is 2.23. The van der Waals surface area contributed by atoms with Crippen molar-refractivity contribution < 1.29 is 14.3 Å². The third-order valence-electron chi connectivity index (χ3n) is 4.04. The topological polar surface area (TPSA) is 59.6 Å². The molecule has 1 aliphatic heterocycles. The Morgan fingerprint density at radius 1 is 1.33 bits per heavy atom. The Morgan fingerprint density at radius 3 is 2.57 bits per heavy atom.